The van der Waals surface area contributed by atoms with E-state index in [-0.39, 0.29) is 30.2 Å². The first-order chi connectivity index (χ1) is 12.7. The Hall–Kier alpha value is -3.15. The summed E-state index contributed by atoms with van der Waals surface area (Å²) in [5.41, 5.74) is 2.49. The molecule has 1 fully saturated rings. The number of urea groups is 1. The molecular weight excluding hydrogens is 342 g/mol. The molecule has 6 nitrogen and oxygen atoms in total. The van der Waals surface area contributed by atoms with Gasteiger partial charge in [-0.3, -0.25) is 19.8 Å². The largest absolute Gasteiger partial charge is 0.328 e. The van der Waals surface area contributed by atoms with Gasteiger partial charge in [0, 0.05) is 29.9 Å². The minimum atomic E-state index is -0.466. The van der Waals surface area contributed by atoms with Gasteiger partial charge < -0.3 is 5.32 Å². The number of hydrogen-bond donors (Lipinski definition) is 2. The highest BCUT2D eigenvalue weighted by Gasteiger charge is 2.26. The van der Waals surface area contributed by atoms with Crippen LogP contribution in [0.25, 0.3) is 0 Å². The molecule has 1 saturated heterocycles. The van der Waals surface area contributed by atoms with Crippen molar-refractivity contribution in [2.75, 3.05) is 16.8 Å². The molecule has 140 valence electrons. The number of nitrogens with one attached hydrogen (secondary N) is 2. The number of benzene rings is 2. The first-order valence-corrected chi connectivity index (χ1v) is 8.87. The summed E-state index contributed by atoms with van der Waals surface area (Å²) in [5, 5.41) is 5.20. The second-order valence-corrected chi connectivity index (χ2v) is 7.59. The molecule has 4 amide bonds. The van der Waals surface area contributed by atoms with E-state index < -0.39 is 6.03 Å². The zero-order valence-electron chi connectivity index (χ0n) is 15.7. The monoisotopic (exact) mass is 365 g/mol. The molecule has 1 aliphatic heterocycles. The van der Waals surface area contributed by atoms with E-state index in [0.29, 0.717) is 16.9 Å². The molecule has 3 rings (SSSR count). The number of anilines is 2. The van der Waals surface area contributed by atoms with E-state index in [1.165, 1.54) is 4.90 Å². The maximum atomic E-state index is 12.8. The van der Waals surface area contributed by atoms with Gasteiger partial charge in [0.05, 0.1) is 0 Å². The number of hydrogen-bond acceptors (Lipinski definition) is 3. The lowest BCUT2D eigenvalue weighted by atomic mass is 9.85. The van der Waals surface area contributed by atoms with E-state index in [1.54, 1.807) is 6.07 Å². The predicted molar refractivity (Wildman–Crippen MR) is 105 cm³/mol. The van der Waals surface area contributed by atoms with Crippen LogP contribution in [0.15, 0.2) is 48.5 Å². The standard InChI is InChI=1S/C21H23N3O3/c1-21(2,3)15-11-14(19(26)22-16-7-5-4-6-8-16)12-17(13-15)24-10-9-18(25)23-20(24)27/h4-8,11-13H,9-10H2,1-3H3,(H,22,26)(H,23,25,27). The van der Waals surface area contributed by atoms with Crippen molar-refractivity contribution < 1.29 is 14.4 Å². The second-order valence-electron chi connectivity index (χ2n) is 7.59. The molecule has 2 aromatic rings. The Kier molecular flexibility index (Phi) is 4.99. The van der Waals surface area contributed by atoms with Gasteiger partial charge in [-0.2, -0.15) is 0 Å². The predicted octanol–water partition coefficient (Wildman–Crippen LogP) is 3.68. The van der Waals surface area contributed by atoms with Gasteiger partial charge in [0.25, 0.3) is 5.91 Å². The molecule has 0 unspecified atom stereocenters. The first kappa shape index (κ1) is 18.6. The molecule has 0 bridgehead atoms. The summed E-state index contributed by atoms with van der Waals surface area (Å²) >= 11 is 0. The Morgan fingerprint density at radius 3 is 2.41 bits per heavy atom. The molecule has 0 saturated carbocycles. The molecular formula is C21H23N3O3. The molecule has 2 aromatic carbocycles. The van der Waals surface area contributed by atoms with Gasteiger partial charge in [-0.25, -0.2) is 4.79 Å². The van der Waals surface area contributed by atoms with Crippen LogP contribution in [0.4, 0.5) is 16.2 Å². The summed E-state index contributed by atoms with van der Waals surface area (Å²) in [6.07, 6.45) is 0.233. The van der Waals surface area contributed by atoms with E-state index in [0.717, 1.165) is 5.56 Å². The maximum Gasteiger partial charge on any atom is 0.328 e. The van der Waals surface area contributed by atoms with Gasteiger partial charge in [-0.05, 0) is 41.3 Å². The summed E-state index contributed by atoms with van der Waals surface area (Å²) in [5.74, 6) is -0.535. The highest BCUT2D eigenvalue weighted by atomic mass is 16.2. The van der Waals surface area contributed by atoms with Crippen LogP contribution in [-0.2, 0) is 10.2 Å². The number of nitrogens with zero attached hydrogens (tertiary/aromatic N) is 1. The van der Waals surface area contributed by atoms with Crippen molar-refractivity contribution in [3.8, 4) is 0 Å². The van der Waals surface area contributed by atoms with Crippen LogP contribution in [0, 0.1) is 0 Å². The minimum absolute atomic E-state index is 0.208. The molecule has 0 spiro atoms. The summed E-state index contributed by atoms with van der Waals surface area (Å²) in [7, 11) is 0. The van der Waals surface area contributed by atoms with Crippen molar-refractivity contribution in [2.24, 2.45) is 0 Å². The van der Waals surface area contributed by atoms with Gasteiger partial charge in [0.1, 0.15) is 0 Å². The maximum absolute atomic E-state index is 12.8. The third-order valence-electron chi connectivity index (χ3n) is 4.44. The van der Waals surface area contributed by atoms with E-state index in [9.17, 15) is 14.4 Å². The van der Waals surface area contributed by atoms with E-state index in [1.807, 2.05) is 63.2 Å². The van der Waals surface area contributed by atoms with Crippen molar-refractivity contribution in [3.63, 3.8) is 0 Å². The van der Waals surface area contributed by atoms with Crippen LogP contribution in [0.5, 0.6) is 0 Å². The van der Waals surface area contributed by atoms with Crippen LogP contribution in [0.2, 0.25) is 0 Å². The van der Waals surface area contributed by atoms with Gasteiger partial charge in [-0.1, -0.05) is 39.0 Å². The Morgan fingerprint density at radius 1 is 1.07 bits per heavy atom. The van der Waals surface area contributed by atoms with Gasteiger partial charge in [0.2, 0.25) is 5.91 Å². The van der Waals surface area contributed by atoms with Crippen molar-refractivity contribution in [1.82, 2.24) is 5.32 Å². The molecule has 1 heterocycles. The molecule has 6 heteroatoms. The van der Waals surface area contributed by atoms with E-state index in [2.05, 4.69) is 10.6 Å². The number of carbonyl (C=O) groups is 3. The fourth-order valence-corrected chi connectivity index (χ4v) is 2.87. The summed E-state index contributed by atoms with van der Waals surface area (Å²) in [6.45, 7) is 6.43. The van der Waals surface area contributed by atoms with E-state index in [4.69, 9.17) is 0 Å². The molecule has 2 N–H and O–H groups in total. The Morgan fingerprint density at radius 2 is 1.78 bits per heavy atom. The fraction of sp³-hybridized carbons (Fsp3) is 0.286. The second kappa shape index (κ2) is 7.23. The number of amides is 4. The van der Waals surface area contributed by atoms with Crippen LogP contribution < -0.4 is 15.5 Å². The number of imide groups is 1. The Labute approximate surface area is 158 Å². The van der Waals surface area contributed by atoms with Crippen LogP contribution in [0.3, 0.4) is 0 Å². The number of carbonyl (C=O) groups excluding carboxylic acids is 3. The van der Waals surface area contributed by atoms with Crippen molar-refractivity contribution in [3.05, 3.63) is 59.7 Å². The van der Waals surface area contributed by atoms with Crippen LogP contribution in [0.1, 0.15) is 43.1 Å². The van der Waals surface area contributed by atoms with Crippen LogP contribution in [-0.4, -0.2) is 24.4 Å². The Balaban J connectivity index is 1.97. The fourth-order valence-electron chi connectivity index (χ4n) is 2.87. The molecule has 1 aliphatic rings. The lowest BCUT2D eigenvalue weighted by molar-refractivity contribution is -0.120. The third-order valence-corrected chi connectivity index (χ3v) is 4.44. The molecule has 27 heavy (non-hydrogen) atoms. The average molecular weight is 365 g/mol. The van der Waals surface area contributed by atoms with Gasteiger partial charge in [-0.15, -0.1) is 0 Å². The van der Waals surface area contributed by atoms with Crippen molar-refractivity contribution in [2.45, 2.75) is 32.6 Å². The van der Waals surface area contributed by atoms with Gasteiger partial charge in [0.15, 0.2) is 0 Å². The minimum Gasteiger partial charge on any atom is -0.322 e. The Bertz CT molecular complexity index is 885. The topological polar surface area (TPSA) is 78.5 Å². The molecule has 0 radical (unpaired) electrons. The summed E-state index contributed by atoms with van der Waals surface area (Å²) < 4.78 is 0. The SMILES string of the molecule is CC(C)(C)c1cc(C(=O)Nc2ccccc2)cc(N2CCC(=O)NC2=O)c1. The zero-order chi connectivity index (χ0) is 19.6. The molecule has 0 aliphatic carbocycles. The smallest absolute Gasteiger partial charge is 0.322 e. The lowest BCUT2D eigenvalue weighted by Gasteiger charge is -2.29. The van der Waals surface area contributed by atoms with Gasteiger partial charge >= 0.3 is 6.03 Å². The van der Waals surface area contributed by atoms with Crippen molar-refractivity contribution in [1.29, 1.82) is 0 Å². The lowest BCUT2D eigenvalue weighted by Crippen LogP contribution is -2.49. The van der Waals surface area contributed by atoms with E-state index >= 15 is 0 Å². The summed E-state index contributed by atoms with van der Waals surface area (Å²) in [4.78, 5) is 37.9. The first-order valence-electron chi connectivity index (χ1n) is 8.87. The van der Waals surface area contributed by atoms with Crippen molar-refractivity contribution >= 4 is 29.2 Å². The van der Waals surface area contributed by atoms with Crippen LogP contribution >= 0.6 is 0 Å². The normalized spacial score (nSPS) is 14.7. The highest BCUT2D eigenvalue weighted by molar-refractivity contribution is 6.08. The number of para-hydroxylation sites is 1. The average Bonchev–Trinajstić information content (AvgIpc) is 2.61. The number of rotatable bonds is 3. The summed E-state index contributed by atoms with van der Waals surface area (Å²) in [6, 6.07) is 14.2. The quantitative estimate of drug-likeness (QED) is 0.871. The third kappa shape index (κ3) is 4.34. The molecule has 0 atom stereocenters. The zero-order valence-corrected chi connectivity index (χ0v) is 15.7. The molecule has 0 aromatic heterocycles. The highest BCUT2D eigenvalue weighted by Crippen LogP contribution is 2.29.